The van der Waals surface area contributed by atoms with Gasteiger partial charge in [-0.2, -0.15) is 0 Å². The van der Waals surface area contributed by atoms with Gasteiger partial charge in [0.05, 0.1) is 7.11 Å². The zero-order valence-corrected chi connectivity index (χ0v) is 15.1. The minimum absolute atomic E-state index is 0. The summed E-state index contributed by atoms with van der Waals surface area (Å²) in [5.41, 5.74) is 6.70. The van der Waals surface area contributed by atoms with E-state index in [-0.39, 0.29) is 24.0 Å². The molecule has 0 aliphatic carbocycles. The maximum Gasteiger partial charge on any atom is 0.193 e. The molecule has 6 heteroatoms. The highest BCUT2D eigenvalue weighted by Crippen LogP contribution is 2.14. The molecule has 0 aliphatic rings. The van der Waals surface area contributed by atoms with Crippen LogP contribution in [0, 0.1) is 0 Å². The van der Waals surface area contributed by atoms with Gasteiger partial charge in [-0.25, -0.2) is 0 Å². The van der Waals surface area contributed by atoms with E-state index in [0.717, 1.165) is 43.9 Å². The maximum absolute atomic E-state index is 5.81. The van der Waals surface area contributed by atoms with Crippen molar-refractivity contribution in [2.75, 3.05) is 32.2 Å². The maximum atomic E-state index is 5.81. The van der Waals surface area contributed by atoms with E-state index in [1.807, 2.05) is 24.3 Å². The molecule has 3 N–H and O–H groups in total. The smallest absolute Gasteiger partial charge is 0.193 e. The van der Waals surface area contributed by atoms with Crippen LogP contribution in [-0.2, 0) is 4.74 Å². The summed E-state index contributed by atoms with van der Waals surface area (Å²) in [5.74, 6) is 1.24. The normalized spacial score (nSPS) is 10.9. The second-order valence-electron chi connectivity index (χ2n) is 4.44. The minimum atomic E-state index is 0. The Balaban J connectivity index is 0.00000400. The summed E-state index contributed by atoms with van der Waals surface area (Å²) in [5, 5.41) is 3.04. The lowest BCUT2D eigenvalue weighted by Gasteiger charge is -2.06. The molecule has 0 aromatic heterocycles. The van der Waals surface area contributed by atoms with Gasteiger partial charge in [-0.15, -0.1) is 24.0 Å². The average Bonchev–Trinajstić information content (AvgIpc) is 2.47. The van der Waals surface area contributed by atoms with Gasteiger partial charge in [0.15, 0.2) is 5.96 Å². The van der Waals surface area contributed by atoms with E-state index in [1.54, 1.807) is 7.11 Å². The lowest BCUT2D eigenvalue weighted by atomic mass is 10.3. The van der Waals surface area contributed by atoms with Gasteiger partial charge in [0.2, 0.25) is 0 Å². The minimum Gasteiger partial charge on any atom is -0.497 e. The molecule has 5 nitrogen and oxygen atoms in total. The van der Waals surface area contributed by atoms with E-state index in [0.29, 0.717) is 12.5 Å². The summed E-state index contributed by atoms with van der Waals surface area (Å²) in [6, 6.07) is 7.54. The molecule has 1 aromatic carbocycles. The molecular formula is C15H26IN3O2. The standard InChI is InChI=1S/C15H25N3O2.HI/c1-3-4-11-20-12-5-10-17-15(16)18-13-6-8-14(19-2)9-7-13;/h6-9H,3-5,10-12H2,1-2H3,(H3,16,17,18);1H. The van der Waals surface area contributed by atoms with Crippen LogP contribution < -0.4 is 15.8 Å². The second-order valence-corrected chi connectivity index (χ2v) is 4.44. The summed E-state index contributed by atoms with van der Waals surface area (Å²) in [6.07, 6.45) is 3.16. The number of benzene rings is 1. The van der Waals surface area contributed by atoms with Gasteiger partial charge in [-0.1, -0.05) is 13.3 Å². The Labute approximate surface area is 144 Å². The summed E-state index contributed by atoms with van der Waals surface area (Å²) in [6.45, 7) is 4.39. The number of nitrogens with two attached hydrogens (primary N) is 1. The number of halogens is 1. The molecule has 1 rings (SSSR count). The van der Waals surface area contributed by atoms with Crippen LogP contribution in [0.15, 0.2) is 29.3 Å². The van der Waals surface area contributed by atoms with Crippen molar-refractivity contribution in [3.8, 4) is 5.75 Å². The van der Waals surface area contributed by atoms with Crippen molar-refractivity contribution in [2.45, 2.75) is 26.2 Å². The number of rotatable bonds is 9. The van der Waals surface area contributed by atoms with Gasteiger partial charge >= 0.3 is 0 Å². The van der Waals surface area contributed by atoms with Crippen LogP contribution in [0.25, 0.3) is 0 Å². The lowest BCUT2D eigenvalue weighted by molar-refractivity contribution is 0.130. The number of guanidine groups is 1. The number of hydrogen-bond donors (Lipinski definition) is 2. The Hall–Kier alpha value is -1.02. The van der Waals surface area contributed by atoms with Crippen molar-refractivity contribution >= 4 is 35.6 Å². The first-order chi connectivity index (χ1) is 9.76. The number of hydrogen-bond acceptors (Lipinski definition) is 3. The highest BCUT2D eigenvalue weighted by molar-refractivity contribution is 14.0. The SMILES string of the molecule is CCCCOCCCN=C(N)Nc1ccc(OC)cc1.I. The molecule has 0 radical (unpaired) electrons. The van der Waals surface area contributed by atoms with E-state index in [2.05, 4.69) is 17.2 Å². The first-order valence-corrected chi connectivity index (χ1v) is 7.05. The fraction of sp³-hybridized carbons (Fsp3) is 0.533. The summed E-state index contributed by atoms with van der Waals surface area (Å²) >= 11 is 0. The Morgan fingerprint density at radius 2 is 1.86 bits per heavy atom. The molecule has 0 fully saturated rings. The van der Waals surface area contributed by atoms with E-state index in [4.69, 9.17) is 15.2 Å². The monoisotopic (exact) mass is 407 g/mol. The highest BCUT2D eigenvalue weighted by Gasteiger charge is 1.96. The number of anilines is 1. The number of ether oxygens (including phenoxy) is 2. The Morgan fingerprint density at radius 1 is 1.19 bits per heavy atom. The largest absolute Gasteiger partial charge is 0.497 e. The average molecular weight is 407 g/mol. The Kier molecular flexibility index (Phi) is 12.1. The Bertz CT molecular complexity index is 396. The van der Waals surface area contributed by atoms with Gasteiger partial charge in [-0.3, -0.25) is 4.99 Å². The zero-order chi connectivity index (χ0) is 14.6. The molecule has 21 heavy (non-hydrogen) atoms. The molecule has 0 amide bonds. The van der Waals surface area contributed by atoms with Crippen LogP contribution in [0.4, 0.5) is 5.69 Å². The van der Waals surface area contributed by atoms with Crippen molar-refractivity contribution in [1.82, 2.24) is 0 Å². The molecule has 0 unspecified atom stereocenters. The number of unbranched alkanes of at least 4 members (excludes halogenated alkanes) is 1. The van der Waals surface area contributed by atoms with Crippen molar-refractivity contribution in [3.63, 3.8) is 0 Å². The third-order valence-corrected chi connectivity index (χ3v) is 2.73. The number of nitrogens with zero attached hydrogens (tertiary/aromatic N) is 1. The van der Waals surface area contributed by atoms with Crippen molar-refractivity contribution in [2.24, 2.45) is 10.7 Å². The van der Waals surface area contributed by atoms with Gasteiger partial charge < -0.3 is 20.5 Å². The van der Waals surface area contributed by atoms with Crippen LogP contribution in [0.3, 0.4) is 0 Å². The van der Waals surface area contributed by atoms with Crippen molar-refractivity contribution in [1.29, 1.82) is 0 Å². The van der Waals surface area contributed by atoms with Crippen LogP contribution >= 0.6 is 24.0 Å². The van der Waals surface area contributed by atoms with E-state index >= 15 is 0 Å². The zero-order valence-electron chi connectivity index (χ0n) is 12.8. The van der Waals surface area contributed by atoms with Gasteiger partial charge in [0.25, 0.3) is 0 Å². The van der Waals surface area contributed by atoms with E-state index < -0.39 is 0 Å². The van der Waals surface area contributed by atoms with Crippen LogP contribution in [0.5, 0.6) is 5.75 Å². The van der Waals surface area contributed by atoms with Gasteiger partial charge in [-0.05, 0) is 37.1 Å². The van der Waals surface area contributed by atoms with Crippen LogP contribution in [0.2, 0.25) is 0 Å². The number of aliphatic imine (C=N–C) groups is 1. The molecule has 0 bridgehead atoms. The second kappa shape index (κ2) is 12.7. The predicted molar refractivity (Wildman–Crippen MR) is 98.9 cm³/mol. The number of methoxy groups -OCH3 is 1. The molecule has 0 saturated heterocycles. The third kappa shape index (κ3) is 9.52. The molecule has 1 aromatic rings. The first kappa shape index (κ1) is 20.0. The molecule has 0 heterocycles. The highest BCUT2D eigenvalue weighted by atomic mass is 127. The quantitative estimate of drug-likeness (QED) is 0.286. The summed E-state index contributed by atoms with van der Waals surface area (Å²) < 4.78 is 10.5. The van der Waals surface area contributed by atoms with E-state index in [9.17, 15) is 0 Å². The summed E-state index contributed by atoms with van der Waals surface area (Å²) in [4.78, 5) is 4.25. The van der Waals surface area contributed by atoms with E-state index in [1.165, 1.54) is 0 Å². The predicted octanol–water partition coefficient (Wildman–Crippen LogP) is 3.25. The topological polar surface area (TPSA) is 68.9 Å². The molecule has 0 spiro atoms. The van der Waals surface area contributed by atoms with Gasteiger partial charge in [0.1, 0.15) is 5.75 Å². The Morgan fingerprint density at radius 3 is 2.48 bits per heavy atom. The number of nitrogens with one attached hydrogen (secondary N) is 1. The molecule has 0 aliphatic heterocycles. The van der Waals surface area contributed by atoms with Crippen molar-refractivity contribution in [3.05, 3.63) is 24.3 Å². The molecule has 0 atom stereocenters. The molecule has 120 valence electrons. The third-order valence-electron chi connectivity index (χ3n) is 2.73. The lowest BCUT2D eigenvalue weighted by Crippen LogP contribution is -2.22. The van der Waals surface area contributed by atoms with Crippen LogP contribution in [0.1, 0.15) is 26.2 Å². The molecule has 0 saturated carbocycles. The van der Waals surface area contributed by atoms with Crippen molar-refractivity contribution < 1.29 is 9.47 Å². The van der Waals surface area contributed by atoms with Gasteiger partial charge in [0, 0.05) is 25.4 Å². The first-order valence-electron chi connectivity index (χ1n) is 7.05. The fourth-order valence-electron chi connectivity index (χ4n) is 1.58. The molecular weight excluding hydrogens is 381 g/mol. The summed E-state index contributed by atoms with van der Waals surface area (Å²) in [7, 11) is 1.64. The van der Waals surface area contributed by atoms with Crippen LogP contribution in [-0.4, -0.2) is 32.8 Å². The fourth-order valence-corrected chi connectivity index (χ4v) is 1.58.